The average Bonchev–Trinajstić information content (AvgIpc) is 2.79. The second-order valence-corrected chi connectivity index (χ2v) is 8.10. The van der Waals surface area contributed by atoms with Gasteiger partial charge in [-0.25, -0.2) is 4.99 Å². The standard InChI is InChI=1S/C24H30N2O3/c1-28-22-13-12-17(14-23(22)29-2)19-15-20(18-10-6-7-11-21(18)27)26-24(25-19)16-8-4-3-5-9-16/h6-7,10-14,16,20,24,26-27H,3-5,8-9,15H2,1-2H3/p+1/t20-,24+/m0/s1. The zero-order chi connectivity index (χ0) is 20.2. The van der Waals surface area contributed by atoms with Crippen LogP contribution in [0.15, 0.2) is 47.5 Å². The minimum Gasteiger partial charge on any atom is -0.507 e. The zero-order valence-corrected chi connectivity index (χ0v) is 17.3. The van der Waals surface area contributed by atoms with Crippen LogP contribution in [0.25, 0.3) is 0 Å². The number of ether oxygens (including phenoxy) is 2. The Bertz CT molecular complexity index is 874. The van der Waals surface area contributed by atoms with Gasteiger partial charge in [0.15, 0.2) is 17.7 Å². The summed E-state index contributed by atoms with van der Waals surface area (Å²) in [6, 6.07) is 13.9. The van der Waals surface area contributed by atoms with Crippen molar-refractivity contribution in [2.45, 2.75) is 50.7 Å². The summed E-state index contributed by atoms with van der Waals surface area (Å²) >= 11 is 0. The van der Waals surface area contributed by atoms with Crippen LogP contribution >= 0.6 is 0 Å². The van der Waals surface area contributed by atoms with Gasteiger partial charge >= 0.3 is 0 Å². The van der Waals surface area contributed by atoms with Gasteiger partial charge in [0, 0.05) is 12.3 Å². The average molecular weight is 396 g/mol. The van der Waals surface area contributed by atoms with Crippen molar-refractivity contribution in [2.24, 2.45) is 10.9 Å². The molecule has 0 unspecified atom stereocenters. The number of methoxy groups -OCH3 is 2. The third kappa shape index (κ3) is 4.25. The summed E-state index contributed by atoms with van der Waals surface area (Å²) in [6.45, 7) is 0. The number of nitrogens with zero attached hydrogens (tertiary/aromatic N) is 1. The van der Waals surface area contributed by atoms with E-state index in [2.05, 4.69) is 11.4 Å². The van der Waals surface area contributed by atoms with Crippen LogP contribution in [0.5, 0.6) is 17.2 Å². The molecule has 0 amide bonds. The van der Waals surface area contributed by atoms with Gasteiger partial charge in [-0.15, -0.1) is 0 Å². The van der Waals surface area contributed by atoms with E-state index in [9.17, 15) is 5.11 Å². The fraction of sp³-hybridized carbons (Fsp3) is 0.458. The molecule has 5 heteroatoms. The topological polar surface area (TPSA) is 67.7 Å². The minimum atomic E-state index is 0.156. The van der Waals surface area contributed by atoms with Crippen LogP contribution in [0.3, 0.4) is 0 Å². The van der Waals surface area contributed by atoms with Crippen LogP contribution in [0.4, 0.5) is 0 Å². The zero-order valence-electron chi connectivity index (χ0n) is 17.3. The summed E-state index contributed by atoms with van der Waals surface area (Å²) in [5.41, 5.74) is 3.13. The number of para-hydroxylation sites is 1. The monoisotopic (exact) mass is 395 g/mol. The van der Waals surface area contributed by atoms with E-state index >= 15 is 0 Å². The molecule has 0 radical (unpaired) electrons. The lowest BCUT2D eigenvalue weighted by Crippen LogP contribution is -2.93. The number of quaternary nitrogens is 1. The van der Waals surface area contributed by atoms with Crippen molar-refractivity contribution in [1.82, 2.24) is 0 Å². The summed E-state index contributed by atoms with van der Waals surface area (Å²) in [5, 5.41) is 12.8. The van der Waals surface area contributed by atoms with E-state index in [1.165, 1.54) is 32.1 Å². The van der Waals surface area contributed by atoms with Crippen LogP contribution in [0.2, 0.25) is 0 Å². The van der Waals surface area contributed by atoms with Crippen LogP contribution in [-0.2, 0) is 0 Å². The Morgan fingerprint density at radius 1 is 0.966 bits per heavy atom. The van der Waals surface area contributed by atoms with Crippen LogP contribution in [0.1, 0.15) is 55.7 Å². The molecule has 3 N–H and O–H groups in total. The molecule has 2 aliphatic rings. The number of hydrogen-bond acceptors (Lipinski definition) is 4. The Hall–Kier alpha value is -2.53. The van der Waals surface area contributed by atoms with Crippen LogP contribution in [0, 0.1) is 5.92 Å². The van der Waals surface area contributed by atoms with Crippen molar-refractivity contribution in [3.63, 3.8) is 0 Å². The number of hydrogen-bond donors (Lipinski definition) is 2. The molecule has 29 heavy (non-hydrogen) atoms. The van der Waals surface area contributed by atoms with Crippen molar-refractivity contribution in [2.75, 3.05) is 14.2 Å². The molecular formula is C24H31N2O3+. The summed E-state index contributed by atoms with van der Waals surface area (Å²) in [4.78, 5) is 5.20. The lowest BCUT2D eigenvalue weighted by molar-refractivity contribution is -0.735. The first-order chi connectivity index (χ1) is 14.2. The third-order valence-corrected chi connectivity index (χ3v) is 6.33. The maximum absolute atomic E-state index is 10.5. The molecule has 4 rings (SSSR count). The largest absolute Gasteiger partial charge is 0.507 e. The van der Waals surface area contributed by atoms with E-state index in [1.807, 2.05) is 30.3 Å². The van der Waals surface area contributed by atoms with Crippen molar-refractivity contribution in [3.05, 3.63) is 53.6 Å². The van der Waals surface area contributed by atoms with Crippen molar-refractivity contribution >= 4 is 5.71 Å². The smallest absolute Gasteiger partial charge is 0.183 e. The molecule has 2 atom stereocenters. The fourth-order valence-corrected chi connectivity index (χ4v) is 4.75. The van der Waals surface area contributed by atoms with E-state index in [0.29, 0.717) is 11.7 Å². The Labute approximate surface area is 172 Å². The van der Waals surface area contributed by atoms with Gasteiger partial charge in [0.05, 0.1) is 25.5 Å². The molecule has 1 saturated carbocycles. The lowest BCUT2D eigenvalue weighted by atomic mass is 9.84. The second kappa shape index (κ2) is 8.87. The molecule has 2 aromatic rings. The molecule has 5 nitrogen and oxygen atoms in total. The highest BCUT2D eigenvalue weighted by Gasteiger charge is 2.35. The SMILES string of the molecule is COc1ccc(C2=N[C@@H](C3CCCCC3)[NH2+][C@H](c3ccccc3O)C2)cc1OC. The minimum absolute atomic E-state index is 0.156. The predicted molar refractivity (Wildman–Crippen MR) is 114 cm³/mol. The molecule has 0 saturated heterocycles. The number of rotatable bonds is 5. The highest BCUT2D eigenvalue weighted by Crippen LogP contribution is 2.33. The molecule has 2 aromatic carbocycles. The van der Waals surface area contributed by atoms with Gasteiger partial charge in [0.2, 0.25) is 0 Å². The van der Waals surface area contributed by atoms with E-state index < -0.39 is 0 Å². The van der Waals surface area contributed by atoms with E-state index in [0.717, 1.165) is 34.8 Å². The molecule has 1 heterocycles. The lowest BCUT2D eigenvalue weighted by Gasteiger charge is -2.33. The van der Waals surface area contributed by atoms with Gasteiger partial charge < -0.3 is 19.9 Å². The van der Waals surface area contributed by atoms with E-state index in [4.69, 9.17) is 14.5 Å². The van der Waals surface area contributed by atoms with Gasteiger partial charge in [-0.1, -0.05) is 31.4 Å². The van der Waals surface area contributed by atoms with Crippen molar-refractivity contribution in [3.8, 4) is 17.2 Å². The Balaban J connectivity index is 1.70. The maximum atomic E-state index is 10.5. The van der Waals surface area contributed by atoms with Gasteiger partial charge in [-0.05, 0) is 48.7 Å². The number of phenols is 1. The van der Waals surface area contributed by atoms with Gasteiger partial charge in [0.1, 0.15) is 11.8 Å². The molecule has 0 spiro atoms. The first-order valence-corrected chi connectivity index (χ1v) is 10.6. The predicted octanol–water partition coefficient (Wildman–Crippen LogP) is 3.81. The van der Waals surface area contributed by atoms with Crippen LogP contribution < -0.4 is 14.8 Å². The molecule has 1 fully saturated rings. The summed E-state index contributed by atoms with van der Waals surface area (Å²) in [7, 11) is 3.31. The maximum Gasteiger partial charge on any atom is 0.183 e. The molecule has 1 aliphatic heterocycles. The number of phenolic OH excluding ortho intramolecular Hbond substituents is 1. The molecule has 0 aromatic heterocycles. The van der Waals surface area contributed by atoms with E-state index in [-0.39, 0.29) is 12.2 Å². The van der Waals surface area contributed by atoms with Gasteiger partial charge in [-0.3, -0.25) is 0 Å². The normalized spacial score (nSPS) is 22.8. The summed E-state index contributed by atoms with van der Waals surface area (Å²) < 4.78 is 10.9. The highest BCUT2D eigenvalue weighted by atomic mass is 16.5. The number of nitrogens with two attached hydrogens (primary N) is 1. The quantitative estimate of drug-likeness (QED) is 0.809. The number of aliphatic imine (C=N–C) groups is 1. The fourth-order valence-electron chi connectivity index (χ4n) is 4.75. The number of aromatic hydroxyl groups is 1. The summed E-state index contributed by atoms with van der Waals surface area (Å²) in [5.74, 6) is 2.40. The third-order valence-electron chi connectivity index (χ3n) is 6.33. The molecular weight excluding hydrogens is 364 g/mol. The number of benzene rings is 2. The Morgan fingerprint density at radius 2 is 1.72 bits per heavy atom. The van der Waals surface area contributed by atoms with Gasteiger partial charge in [-0.2, -0.15) is 0 Å². The Morgan fingerprint density at radius 3 is 2.45 bits per heavy atom. The first kappa shape index (κ1) is 19.8. The molecule has 154 valence electrons. The van der Waals surface area contributed by atoms with Gasteiger partial charge in [0.25, 0.3) is 0 Å². The molecule has 1 aliphatic carbocycles. The Kier molecular flexibility index (Phi) is 6.05. The highest BCUT2D eigenvalue weighted by molar-refractivity contribution is 6.01. The summed E-state index contributed by atoms with van der Waals surface area (Å²) in [6.07, 6.45) is 7.34. The van der Waals surface area contributed by atoms with Crippen LogP contribution in [-0.4, -0.2) is 31.2 Å². The van der Waals surface area contributed by atoms with Crippen molar-refractivity contribution in [1.29, 1.82) is 0 Å². The molecule has 0 bridgehead atoms. The first-order valence-electron chi connectivity index (χ1n) is 10.6. The second-order valence-electron chi connectivity index (χ2n) is 8.10. The van der Waals surface area contributed by atoms with Crippen molar-refractivity contribution < 1.29 is 19.9 Å². The van der Waals surface area contributed by atoms with E-state index in [1.54, 1.807) is 20.3 Å².